The molecule has 3 unspecified atom stereocenters. The molecule has 5 rings (SSSR count). The van der Waals surface area contributed by atoms with E-state index in [0.29, 0.717) is 36.3 Å². The Bertz CT molecular complexity index is 1740. The van der Waals surface area contributed by atoms with Gasteiger partial charge in [0.25, 0.3) is 0 Å². The van der Waals surface area contributed by atoms with E-state index in [0.717, 1.165) is 37.2 Å². The topological polar surface area (TPSA) is 192 Å². The second kappa shape index (κ2) is 29.2. The number of methoxy groups -OCH3 is 1. The van der Waals surface area contributed by atoms with Crippen molar-refractivity contribution in [3.8, 4) is 0 Å². The zero-order valence-electron chi connectivity index (χ0n) is 47.2. The number of hydrogen-bond donors (Lipinski definition) is 3. The molecular formula is C54H96N2O14S4. The first-order valence-corrected chi connectivity index (χ1v) is 32.4. The number of ether oxygens (including phenoxy) is 8. The van der Waals surface area contributed by atoms with Crippen LogP contribution >= 0.6 is 43.2 Å². The molecular weight excluding hydrogens is 1030 g/mol. The van der Waals surface area contributed by atoms with Crippen LogP contribution in [0.2, 0.25) is 0 Å². The molecule has 5 aliphatic heterocycles. The van der Waals surface area contributed by atoms with Crippen LogP contribution in [0.25, 0.3) is 0 Å². The van der Waals surface area contributed by atoms with Crippen LogP contribution in [-0.2, 0) is 52.3 Å². The normalized spacial score (nSPS) is 42.4. The molecule has 0 aromatic rings. The van der Waals surface area contributed by atoms with Crippen LogP contribution in [0.15, 0.2) is 0 Å². The fourth-order valence-corrected chi connectivity index (χ4v) is 17.9. The lowest BCUT2D eigenvalue weighted by atomic mass is 9.77. The predicted octanol–water partition coefficient (Wildman–Crippen LogP) is 8.43. The minimum atomic E-state index is -1.84. The molecule has 0 bridgehead atoms. The van der Waals surface area contributed by atoms with Crippen LogP contribution in [0.4, 0.5) is 0 Å². The van der Waals surface area contributed by atoms with Crippen molar-refractivity contribution in [2.45, 2.75) is 260 Å². The summed E-state index contributed by atoms with van der Waals surface area (Å²) in [7, 11) is 15.0. The molecule has 0 saturated carbocycles. The van der Waals surface area contributed by atoms with Gasteiger partial charge >= 0.3 is 17.9 Å². The van der Waals surface area contributed by atoms with Crippen molar-refractivity contribution in [1.29, 1.82) is 0 Å². The Labute approximate surface area is 460 Å². The molecule has 5 fully saturated rings. The summed E-state index contributed by atoms with van der Waals surface area (Å²) in [5.74, 6) is -1.27. The quantitative estimate of drug-likeness (QED) is 0.0483. The second-order valence-electron chi connectivity index (χ2n) is 23.2. The zero-order valence-corrected chi connectivity index (χ0v) is 50.5. The summed E-state index contributed by atoms with van der Waals surface area (Å²) in [5, 5.41) is 38.3. The SMILES string of the molecule is CC[C@H]1OC(=O)[C@H](C)[C@@H](O[C@H]2C[C@@](C)(OC)[C@@H](O)[C@H](C)O2)[C@H](C)[C@@H](O[C@@H]2O[C@H](C)CC(N(C)C)[C@H]2OC(=O)CCCCC2CCSS2)[C@](C)(O)C[C@@H](C)CN(C)[C@H](C)[C@@H](OC(=O)CCCCC2CCSS2)[C@]1(C)O. The van der Waals surface area contributed by atoms with Gasteiger partial charge in [-0.3, -0.25) is 19.3 Å². The van der Waals surface area contributed by atoms with E-state index in [1.165, 1.54) is 20.0 Å². The standard InChI is InChI=1S/C54H96N2O14S4/c1-15-41-54(10,62)49(68-43(58)23-19-17-21-39-25-27-72-74-39)36(6)56(13)31-32(2)29-52(8,61)48(34(4)45(35(5)50(60)66-41)69-44-30-53(9,63-14)47(59)37(7)65-44)70-51-46(40(55(11)12)28-33(3)64-51)67-42(57)22-18-16-20-38-24-26-71-73-38/h32-41,44-49,51,59,61-62H,15-31H2,1-14H3/t32-,33-,34+,35-,36-,37+,38?,39?,40?,41-,44+,45+,46-,47+,48-,49-,51+,52-,53-,54-/m1/s1. The molecule has 430 valence electrons. The highest BCUT2D eigenvalue weighted by atomic mass is 33.1. The van der Waals surface area contributed by atoms with E-state index < -0.39 is 102 Å². The van der Waals surface area contributed by atoms with Crippen molar-refractivity contribution >= 4 is 61.1 Å². The molecule has 74 heavy (non-hydrogen) atoms. The number of cyclic esters (lactones) is 1. The summed E-state index contributed by atoms with van der Waals surface area (Å²) in [6, 6.07) is -0.846. The lowest BCUT2D eigenvalue weighted by molar-refractivity contribution is -0.319. The number of aliphatic hydroxyl groups is 3. The molecule has 16 nitrogen and oxygen atoms in total. The highest BCUT2D eigenvalue weighted by Gasteiger charge is 2.54. The van der Waals surface area contributed by atoms with Crippen LogP contribution in [0.3, 0.4) is 0 Å². The number of aliphatic hydroxyl groups excluding tert-OH is 1. The van der Waals surface area contributed by atoms with Crippen LogP contribution < -0.4 is 0 Å². The first-order chi connectivity index (χ1) is 34.8. The molecule has 0 spiro atoms. The van der Waals surface area contributed by atoms with E-state index in [1.54, 1.807) is 34.6 Å². The molecule has 5 aliphatic rings. The Morgan fingerprint density at radius 1 is 0.824 bits per heavy atom. The Kier molecular flexibility index (Phi) is 25.4. The number of esters is 3. The van der Waals surface area contributed by atoms with Crippen molar-refractivity contribution in [1.82, 2.24) is 9.80 Å². The minimum absolute atomic E-state index is 0.103. The maximum absolute atomic E-state index is 15.0. The second-order valence-corrected chi connectivity index (χ2v) is 28.8. The lowest BCUT2D eigenvalue weighted by Gasteiger charge is -2.49. The van der Waals surface area contributed by atoms with Gasteiger partial charge in [0, 0.05) is 66.9 Å². The summed E-state index contributed by atoms with van der Waals surface area (Å²) in [4.78, 5) is 46.6. The van der Waals surface area contributed by atoms with Gasteiger partial charge in [-0.1, -0.05) is 76.8 Å². The summed E-state index contributed by atoms with van der Waals surface area (Å²) in [6.07, 6.45) is -0.318. The fourth-order valence-electron chi connectivity index (χ4n) is 11.9. The maximum atomic E-state index is 15.0. The average molecular weight is 1130 g/mol. The van der Waals surface area contributed by atoms with E-state index in [9.17, 15) is 29.7 Å². The highest BCUT2D eigenvalue weighted by molar-refractivity contribution is 8.77. The third-order valence-electron chi connectivity index (χ3n) is 16.4. The Morgan fingerprint density at radius 2 is 1.42 bits per heavy atom. The van der Waals surface area contributed by atoms with Gasteiger partial charge in [-0.15, -0.1) is 0 Å². The molecule has 0 aliphatic carbocycles. The third kappa shape index (κ3) is 17.5. The van der Waals surface area contributed by atoms with Gasteiger partial charge in [0.2, 0.25) is 0 Å². The molecule has 3 N–H and O–H groups in total. The van der Waals surface area contributed by atoms with Crippen LogP contribution in [0, 0.1) is 17.8 Å². The summed E-state index contributed by atoms with van der Waals surface area (Å²) in [6.45, 7) is 18.4. The van der Waals surface area contributed by atoms with Crippen LogP contribution in [0.5, 0.6) is 0 Å². The van der Waals surface area contributed by atoms with Gasteiger partial charge in [0.05, 0.1) is 47.6 Å². The summed E-state index contributed by atoms with van der Waals surface area (Å²) >= 11 is 0. The number of rotatable bonds is 19. The number of hydrogen-bond acceptors (Lipinski definition) is 20. The van der Waals surface area contributed by atoms with Crippen molar-refractivity contribution < 1.29 is 67.6 Å². The van der Waals surface area contributed by atoms with Crippen molar-refractivity contribution in [3.05, 3.63) is 0 Å². The molecule has 0 radical (unpaired) electrons. The number of carbonyl (C=O) groups is 3. The van der Waals surface area contributed by atoms with E-state index in [2.05, 4.69) is 0 Å². The van der Waals surface area contributed by atoms with E-state index in [-0.39, 0.29) is 56.1 Å². The van der Waals surface area contributed by atoms with E-state index >= 15 is 0 Å². The predicted molar refractivity (Wildman–Crippen MR) is 296 cm³/mol. The number of carbonyl (C=O) groups excluding carboxylic acids is 3. The Hall–Kier alpha value is -0.590. The molecule has 0 aromatic heterocycles. The van der Waals surface area contributed by atoms with Gasteiger partial charge in [-0.05, 0) is 133 Å². The first kappa shape index (κ1) is 64.2. The van der Waals surface area contributed by atoms with E-state index in [4.69, 9.17) is 37.9 Å². The van der Waals surface area contributed by atoms with Crippen molar-refractivity contribution in [3.63, 3.8) is 0 Å². The van der Waals surface area contributed by atoms with Crippen LogP contribution in [-0.4, -0.2) is 190 Å². The smallest absolute Gasteiger partial charge is 0.311 e. The largest absolute Gasteiger partial charge is 0.459 e. The van der Waals surface area contributed by atoms with Crippen molar-refractivity contribution in [2.24, 2.45) is 17.8 Å². The van der Waals surface area contributed by atoms with Crippen molar-refractivity contribution in [2.75, 3.05) is 46.3 Å². The maximum Gasteiger partial charge on any atom is 0.311 e. The molecule has 0 aromatic carbocycles. The van der Waals surface area contributed by atoms with Gasteiger partial charge in [-0.2, -0.15) is 0 Å². The number of unbranched alkanes of at least 4 members (excludes halogenated alkanes) is 2. The molecule has 20 heteroatoms. The zero-order chi connectivity index (χ0) is 54.7. The van der Waals surface area contributed by atoms with Gasteiger partial charge in [0.1, 0.15) is 23.9 Å². The summed E-state index contributed by atoms with van der Waals surface area (Å²) < 4.78 is 52.0. The average Bonchev–Trinajstić information content (AvgIpc) is 4.07. The first-order valence-electron chi connectivity index (χ1n) is 27.6. The molecule has 0 amide bonds. The minimum Gasteiger partial charge on any atom is -0.459 e. The number of nitrogens with zero attached hydrogens (tertiary/aromatic N) is 2. The van der Waals surface area contributed by atoms with Gasteiger partial charge < -0.3 is 58.1 Å². The van der Waals surface area contributed by atoms with Crippen LogP contribution in [0.1, 0.15) is 159 Å². The molecule has 5 heterocycles. The van der Waals surface area contributed by atoms with Gasteiger partial charge in [0.15, 0.2) is 18.7 Å². The molecule has 5 saturated heterocycles. The monoisotopic (exact) mass is 1120 g/mol. The lowest BCUT2D eigenvalue weighted by Crippen LogP contribution is -2.61. The van der Waals surface area contributed by atoms with E-state index in [1.807, 2.05) is 109 Å². The third-order valence-corrected chi connectivity index (χ3v) is 22.4. The molecule has 20 atom stereocenters. The Balaban J connectivity index is 1.52. The highest BCUT2D eigenvalue weighted by Crippen LogP contribution is 2.43. The Morgan fingerprint density at radius 3 is 1.96 bits per heavy atom. The number of likely N-dealkylation sites (N-methyl/N-ethyl adjacent to an activating group) is 2. The van der Waals surface area contributed by atoms with Gasteiger partial charge in [-0.25, -0.2) is 0 Å². The fraction of sp³-hybridized carbons (Fsp3) is 0.944. The summed E-state index contributed by atoms with van der Waals surface area (Å²) in [5.41, 5.74) is -4.56.